The molecule has 2 aromatic heterocycles. The fourth-order valence-electron chi connectivity index (χ4n) is 1.50. The predicted octanol–water partition coefficient (Wildman–Crippen LogP) is 3.27. The smallest absolute Gasteiger partial charge is 0.174 e. The number of hydrogen-bond acceptors (Lipinski definition) is 5. The van der Waals surface area contributed by atoms with Crippen LogP contribution in [0.2, 0.25) is 5.02 Å². The SMILES string of the molecule is CCSc1nnc(-c2c(Cl)c(CC)nn2C)s1. The summed E-state index contributed by atoms with van der Waals surface area (Å²) in [5, 5.41) is 14.2. The second-order valence-corrected chi connectivity index (χ2v) is 6.26. The van der Waals surface area contributed by atoms with E-state index in [4.69, 9.17) is 11.6 Å². The second kappa shape index (κ2) is 5.37. The summed E-state index contributed by atoms with van der Waals surface area (Å²) in [6.45, 7) is 4.13. The molecular formula is C10H13ClN4S2. The van der Waals surface area contributed by atoms with Crippen LogP contribution in [0.4, 0.5) is 0 Å². The number of hydrogen-bond donors (Lipinski definition) is 0. The highest BCUT2D eigenvalue weighted by atomic mass is 35.5. The van der Waals surface area contributed by atoms with Crippen molar-refractivity contribution in [3.8, 4) is 10.7 Å². The summed E-state index contributed by atoms with van der Waals surface area (Å²) in [7, 11) is 1.88. The first-order valence-corrected chi connectivity index (χ1v) is 7.53. The van der Waals surface area contributed by atoms with Gasteiger partial charge in [0, 0.05) is 7.05 Å². The van der Waals surface area contributed by atoms with E-state index in [0.717, 1.165) is 32.9 Å². The van der Waals surface area contributed by atoms with Crippen molar-refractivity contribution in [2.24, 2.45) is 7.05 Å². The van der Waals surface area contributed by atoms with Gasteiger partial charge in [0.15, 0.2) is 9.35 Å². The van der Waals surface area contributed by atoms with Crippen molar-refractivity contribution in [2.75, 3.05) is 5.75 Å². The molecule has 0 aliphatic carbocycles. The molecule has 0 aromatic carbocycles. The highest BCUT2D eigenvalue weighted by molar-refractivity contribution is 8.01. The van der Waals surface area contributed by atoms with Crippen LogP contribution >= 0.6 is 34.7 Å². The number of aromatic nitrogens is 4. The Hall–Kier alpha value is -0.590. The molecule has 0 aliphatic heterocycles. The lowest BCUT2D eigenvalue weighted by Crippen LogP contribution is -1.94. The summed E-state index contributed by atoms with van der Waals surface area (Å²) in [5.41, 5.74) is 1.77. The van der Waals surface area contributed by atoms with Crippen LogP contribution in [0.1, 0.15) is 19.5 Å². The number of halogens is 1. The molecule has 0 atom stereocenters. The lowest BCUT2D eigenvalue weighted by Gasteiger charge is -1.95. The van der Waals surface area contributed by atoms with Gasteiger partial charge in [0.25, 0.3) is 0 Å². The maximum atomic E-state index is 6.30. The highest BCUT2D eigenvalue weighted by Crippen LogP contribution is 2.34. The highest BCUT2D eigenvalue weighted by Gasteiger charge is 2.18. The van der Waals surface area contributed by atoms with Crippen LogP contribution in [0.15, 0.2) is 4.34 Å². The Bertz CT molecular complexity index is 520. The van der Waals surface area contributed by atoms with Gasteiger partial charge in [-0.05, 0) is 12.2 Å². The first-order valence-electron chi connectivity index (χ1n) is 5.35. The minimum Gasteiger partial charge on any atom is -0.264 e. The molecule has 0 bridgehead atoms. The van der Waals surface area contributed by atoms with Crippen LogP contribution in [0, 0.1) is 0 Å². The first kappa shape index (κ1) is 12.9. The number of thioether (sulfide) groups is 1. The Morgan fingerprint density at radius 1 is 1.35 bits per heavy atom. The summed E-state index contributed by atoms with van der Waals surface area (Å²) < 4.78 is 2.75. The minimum absolute atomic E-state index is 0.694. The molecule has 7 heteroatoms. The fourth-order valence-corrected chi connectivity index (χ4v) is 3.77. The maximum Gasteiger partial charge on any atom is 0.174 e. The Labute approximate surface area is 113 Å². The van der Waals surface area contributed by atoms with Crippen LogP contribution in [-0.2, 0) is 13.5 Å². The minimum atomic E-state index is 0.694. The van der Waals surface area contributed by atoms with Crippen molar-refractivity contribution in [1.29, 1.82) is 0 Å². The summed E-state index contributed by atoms with van der Waals surface area (Å²) >= 11 is 9.54. The van der Waals surface area contributed by atoms with E-state index in [1.807, 2.05) is 14.0 Å². The van der Waals surface area contributed by atoms with Crippen molar-refractivity contribution in [3.63, 3.8) is 0 Å². The largest absolute Gasteiger partial charge is 0.264 e. The molecule has 0 spiro atoms. The topological polar surface area (TPSA) is 43.6 Å². The zero-order chi connectivity index (χ0) is 12.4. The van der Waals surface area contributed by atoms with Gasteiger partial charge in [0.2, 0.25) is 0 Å². The molecule has 17 heavy (non-hydrogen) atoms. The number of aryl methyl sites for hydroxylation is 2. The average molecular weight is 289 g/mol. The monoisotopic (exact) mass is 288 g/mol. The second-order valence-electron chi connectivity index (χ2n) is 3.39. The first-order chi connectivity index (χ1) is 8.17. The van der Waals surface area contributed by atoms with Gasteiger partial charge in [-0.15, -0.1) is 10.2 Å². The summed E-state index contributed by atoms with van der Waals surface area (Å²) in [6, 6.07) is 0. The number of nitrogens with zero attached hydrogens (tertiary/aromatic N) is 4. The van der Waals surface area contributed by atoms with Crippen molar-refractivity contribution in [1.82, 2.24) is 20.0 Å². The maximum absolute atomic E-state index is 6.30. The molecule has 0 fully saturated rings. The predicted molar refractivity (Wildman–Crippen MR) is 72.9 cm³/mol. The molecule has 4 nitrogen and oxygen atoms in total. The molecule has 0 amide bonds. The molecule has 0 aliphatic rings. The zero-order valence-electron chi connectivity index (χ0n) is 9.90. The van der Waals surface area contributed by atoms with Gasteiger partial charge in [-0.1, -0.05) is 48.5 Å². The van der Waals surface area contributed by atoms with Gasteiger partial charge in [-0.2, -0.15) is 5.10 Å². The lowest BCUT2D eigenvalue weighted by atomic mass is 10.3. The molecule has 2 rings (SSSR count). The molecule has 92 valence electrons. The van der Waals surface area contributed by atoms with E-state index in [-0.39, 0.29) is 0 Å². The Morgan fingerprint density at radius 2 is 2.12 bits per heavy atom. The van der Waals surface area contributed by atoms with Gasteiger partial charge < -0.3 is 0 Å². The number of rotatable bonds is 4. The Morgan fingerprint density at radius 3 is 2.71 bits per heavy atom. The molecule has 2 aromatic rings. The Balaban J connectivity index is 2.41. The quantitative estimate of drug-likeness (QED) is 0.810. The molecule has 0 radical (unpaired) electrons. The van der Waals surface area contributed by atoms with E-state index in [9.17, 15) is 0 Å². The van der Waals surface area contributed by atoms with E-state index >= 15 is 0 Å². The van der Waals surface area contributed by atoms with Crippen molar-refractivity contribution >= 4 is 34.7 Å². The average Bonchev–Trinajstić information content (AvgIpc) is 2.84. The van der Waals surface area contributed by atoms with Gasteiger partial charge in [-0.3, -0.25) is 4.68 Å². The van der Waals surface area contributed by atoms with Crippen LogP contribution in [0.5, 0.6) is 0 Å². The van der Waals surface area contributed by atoms with E-state index in [1.54, 1.807) is 27.8 Å². The Kier molecular flexibility index (Phi) is 4.06. The van der Waals surface area contributed by atoms with E-state index in [2.05, 4.69) is 22.2 Å². The third-order valence-corrected chi connectivity index (χ3v) is 4.61. The van der Waals surface area contributed by atoms with Crippen molar-refractivity contribution in [2.45, 2.75) is 24.6 Å². The summed E-state index contributed by atoms with van der Waals surface area (Å²) in [4.78, 5) is 0. The van der Waals surface area contributed by atoms with Crippen LogP contribution in [-0.4, -0.2) is 25.7 Å². The normalized spacial score (nSPS) is 11.1. The van der Waals surface area contributed by atoms with E-state index in [0.29, 0.717) is 5.02 Å². The van der Waals surface area contributed by atoms with Crippen LogP contribution in [0.3, 0.4) is 0 Å². The molecular weight excluding hydrogens is 276 g/mol. The molecule has 0 N–H and O–H groups in total. The zero-order valence-corrected chi connectivity index (χ0v) is 12.3. The van der Waals surface area contributed by atoms with Gasteiger partial charge >= 0.3 is 0 Å². The summed E-state index contributed by atoms with van der Waals surface area (Å²) in [5.74, 6) is 0.994. The molecule has 2 heterocycles. The fraction of sp³-hybridized carbons (Fsp3) is 0.500. The van der Waals surface area contributed by atoms with Gasteiger partial charge in [-0.25, -0.2) is 0 Å². The third kappa shape index (κ3) is 2.48. The van der Waals surface area contributed by atoms with Crippen LogP contribution in [0.25, 0.3) is 10.7 Å². The molecule has 0 saturated carbocycles. The third-order valence-electron chi connectivity index (χ3n) is 2.27. The molecule has 0 unspecified atom stereocenters. The van der Waals surface area contributed by atoms with Crippen molar-refractivity contribution in [3.05, 3.63) is 10.7 Å². The lowest BCUT2D eigenvalue weighted by molar-refractivity contribution is 0.751. The van der Waals surface area contributed by atoms with E-state index in [1.165, 1.54) is 0 Å². The molecule has 0 saturated heterocycles. The van der Waals surface area contributed by atoms with Crippen molar-refractivity contribution < 1.29 is 0 Å². The van der Waals surface area contributed by atoms with Gasteiger partial charge in [0.05, 0.1) is 10.7 Å². The van der Waals surface area contributed by atoms with Gasteiger partial charge in [0.1, 0.15) is 5.69 Å². The van der Waals surface area contributed by atoms with E-state index < -0.39 is 0 Å². The standard InChI is InChI=1S/C10H13ClN4S2/c1-4-6-7(11)8(15(3)14-6)9-12-13-10(17-9)16-5-2/h4-5H2,1-3H3. The summed E-state index contributed by atoms with van der Waals surface area (Å²) in [6.07, 6.45) is 0.821. The van der Waals surface area contributed by atoms with Crippen LogP contribution < -0.4 is 0 Å².